The van der Waals surface area contributed by atoms with Crippen molar-refractivity contribution in [2.45, 2.75) is 13.0 Å². The number of carbonyl (C=O) groups excluding carboxylic acids is 2. The number of aliphatic hydroxyl groups excluding tert-OH is 1. The number of nitrogens with zero attached hydrogens (tertiary/aromatic N) is 1. The van der Waals surface area contributed by atoms with Crippen LogP contribution in [0.3, 0.4) is 0 Å². The van der Waals surface area contributed by atoms with Gasteiger partial charge in [0.05, 0.1) is 11.6 Å². The Bertz CT molecular complexity index is 1100. The van der Waals surface area contributed by atoms with E-state index in [0.29, 0.717) is 16.8 Å². The third-order valence-corrected chi connectivity index (χ3v) is 4.99. The molecule has 1 aliphatic rings. The Morgan fingerprint density at radius 2 is 1.52 bits per heavy atom. The van der Waals surface area contributed by atoms with Crippen LogP contribution < -0.4 is 4.90 Å². The van der Waals surface area contributed by atoms with Crippen LogP contribution >= 0.6 is 0 Å². The Kier molecular flexibility index (Phi) is 4.72. The van der Waals surface area contributed by atoms with Gasteiger partial charge in [0.25, 0.3) is 11.7 Å². The van der Waals surface area contributed by atoms with Crippen molar-refractivity contribution >= 4 is 23.1 Å². The van der Waals surface area contributed by atoms with Crippen LogP contribution in [0, 0.1) is 12.7 Å². The zero-order valence-corrected chi connectivity index (χ0v) is 15.7. The molecule has 3 aromatic carbocycles. The molecule has 29 heavy (non-hydrogen) atoms. The van der Waals surface area contributed by atoms with Crippen molar-refractivity contribution in [3.63, 3.8) is 0 Å². The van der Waals surface area contributed by atoms with E-state index >= 15 is 0 Å². The van der Waals surface area contributed by atoms with E-state index in [1.165, 1.54) is 29.2 Å². The molecule has 5 heteroatoms. The number of benzene rings is 3. The summed E-state index contributed by atoms with van der Waals surface area (Å²) in [6.07, 6.45) is 0. The molecule has 0 aromatic heterocycles. The van der Waals surface area contributed by atoms with E-state index < -0.39 is 23.5 Å². The summed E-state index contributed by atoms with van der Waals surface area (Å²) in [5.41, 5.74) is 2.48. The van der Waals surface area contributed by atoms with Crippen LogP contribution in [0.5, 0.6) is 0 Å². The average molecular weight is 387 g/mol. The monoisotopic (exact) mass is 387 g/mol. The maximum atomic E-state index is 13.5. The lowest BCUT2D eigenvalue weighted by molar-refractivity contribution is -0.132. The number of Topliss-reactive ketones (excluding diaryl/α,β-unsaturated/α-hetero) is 1. The van der Waals surface area contributed by atoms with Gasteiger partial charge in [-0.1, -0.05) is 60.2 Å². The molecule has 1 atom stereocenters. The minimum atomic E-state index is -0.862. The van der Waals surface area contributed by atoms with E-state index in [-0.39, 0.29) is 11.3 Å². The van der Waals surface area contributed by atoms with E-state index in [1.807, 2.05) is 19.1 Å². The molecule has 4 nitrogen and oxygen atoms in total. The smallest absolute Gasteiger partial charge is 0.300 e. The fourth-order valence-electron chi connectivity index (χ4n) is 3.52. The van der Waals surface area contributed by atoms with Gasteiger partial charge in [-0.2, -0.15) is 0 Å². The van der Waals surface area contributed by atoms with Crippen LogP contribution in [-0.4, -0.2) is 16.8 Å². The molecule has 0 aliphatic carbocycles. The van der Waals surface area contributed by atoms with Gasteiger partial charge in [0.2, 0.25) is 0 Å². The number of halogens is 1. The molecule has 3 aromatic rings. The van der Waals surface area contributed by atoms with Crippen molar-refractivity contribution in [3.8, 4) is 0 Å². The molecule has 1 aliphatic heterocycles. The minimum absolute atomic E-state index is 0.0200. The number of anilines is 1. The zero-order chi connectivity index (χ0) is 20.5. The predicted molar refractivity (Wildman–Crippen MR) is 109 cm³/mol. The highest BCUT2D eigenvalue weighted by molar-refractivity contribution is 6.51. The van der Waals surface area contributed by atoms with E-state index in [1.54, 1.807) is 42.5 Å². The summed E-state index contributed by atoms with van der Waals surface area (Å²) in [6, 6.07) is 20.5. The molecule has 1 heterocycles. The van der Waals surface area contributed by atoms with Crippen LogP contribution in [0.15, 0.2) is 84.4 Å². The average Bonchev–Trinajstić information content (AvgIpc) is 3.00. The second kappa shape index (κ2) is 7.36. The molecular weight excluding hydrogens is 369 g/mol. The topological polar surface area (TPSA) is 57.6 Å². The highest BCUT2D eigenvalue weighted by atomic mass is 19.1. The van der Waals surface area contributed by atoms with Gasteiger partial charge in [-0.3, -0.25) is 14.5 Å². The summed E-state index contributed by atoms with van der Waals surface area (Å²) >= 11 is 0. The Hall–Kier alpha value is -3.73. The van der Waals surface area contributed by atoms with Gasteiger partial charge in [-0.25, -0.2) is 4.39 Å². The lowest BCUT2D eigenvalue weighted by atomic mass is 9.95. The molecule has 1 N–H and O–H groups in total. The Balaban J connectivity index is 1.94. The molecule has 0 unspecified atom stereocenters. The molecule has 4 rings (SSSR count). The highest BCUT2D eigenvalue weighted by Crippen LogP contribution is 2.42. The van der Waals surface area contributed by atoms with E-state index in [4.69, 9.17) is 0 Å². The second-order valence-corrected chi connectivity index (χ2v) is 6.92. The molecule has 0 saturated carbocycles. The maximum absolute atomic E-state index is 13.5. The third kappa shape index (κ3) is 3.31. The van der Waals surface area contributed by atoms with Gasteiger partial charge in [0.1, 0.15) is 11.6 Å². The van der Waals surface area contributed by atoms with Crippen molar-refractivity contribution in [2.24, 2.45) is 0 Å². The van der Waals surface area contributed by atoms with E-state index in [2.05, 4.69) is 0 Å². The first-order valence-electron chi connectivity index (χ1n) is 9.16. The highest BCUT2D eigenvalue weighted by Gasteiger charge is 2.46. The van der Waals surface area contributed by atoms with Gasteiger partial charge in [-0.05, 0) is 36.8 Å². The first kappa shape index (κ1) is 18.6. The fraction of sp³-hybridized carbons (Fsp3) is 0.0833. The van der Waals surface area contributed by atoms with Crippen LogP contribution in [0.25, 0.3) is 5.76 Å². The summed E-state index contributed by atoms with van der Waals surface area (Å²) < 4.78 is 13.5. The van der Waals surface area contributed by atoms with E-state index in [9.17, 15) is 19.1 Å². The summed E-state index contributed by atoms with van der Waals surface area (Å²) in [7, 11) is 0. The third-order valence-electron chi connectivity index (χ3n) is 4.99. The van der Waals surface area contributed by atoms with Gasteiger partial charge in [-0.15, -0.1) is 0 Å². The number of hydrogen-bond donors (Lipinski definition) is 1. The molecule has 1 saturated heterocycles. The summed E-state index contributed by atoms with van der Waals surface area (Å²) in [4.78, 5) is 27.2. The summed E-state index contributed by atoms with van der Waals surface area (Å²) in [5, 5.41) is 10.9. The lowest BCUT2D eigenvalue weighted by Gasteiger charge is -2.25. The summed E-state index contributed by atoms with van der Waals surface area (Å²) in [5.74, 6) is -2.20. The van der Waals surface area contributed by atoms with Gasteiger partial charge in [0, 0.05) is 11.3 Å². The molecule has 0 bridgehead atoms. The Labute approximate surface area is 167 Å². The van der Waals surface area contributed by atoms with Gasteiger partial charge in [0.15, 0.2) is 0 Å². The maximum Gasteiger partial charge on any atom is 0.300 e. The largest absolute Gasteiger partial charge is 0.507 e. The number of amides is 1. The molecular formula is C24H18FNO3. The van der Waals surface area contributed by atoms with Crippen LogP contribution in [0.2, 0.25) is 0 Å². The molecule has 1 amide bonds. The Morgan fingerprint density at radius 1 is 0.897 bits per heavy atom. The van der Waals surface area contributed by atoms with Crippen molar-refractivity contribution in [1.82, 2.24) is 0 Å². The van der Waals surface area contributed by atoms with Gasteiger partial charge >= 0.3 is 0 Å². The lowest BCUT2D eigenvalue weighted by Crippen LogP contribution is -2.29. The van der Waals surface area contributed by atoms with Crippen LogP contribution in [-0.2, 0) is 9.59 Å². The van der Waals surface area contributed by atoms with Crippen LogP contribution in [0.1, 0.15) is 22.7 Å². The summed E-state index contributed by atoms with van der Waals surface area (Å²) in [6.45, 7) is 1.92. The van der Waals surface area contributed by atoms with Gasteiger partial charge < -0.3 is 5.11 Å². The first-order chi connectivity index (χ1) is 14.0. The molecule has 0 radical (unpaired) electrons. The number of carbonyl (C=O) groups is 2. The normalized spacial score (nSPS) is 18.3. The number of aryl methyl sites for hydroxylation is 1. The molecule has 0 spiro atoms. The number of ketones is 1. The number of hydrogen-bond acceptors (Lipinski definition) is 3. The number of aliphatic hydroxyl groups is 1. The van der Waals surface area contributed by atoms with Crippen LogP contribution in [0.4, 0.5) is 10.1 Å². The van der Waals surface area contributed by atoms with Crippen molar-refractivity contribution < 1.29 is 19.1 Å². The van der Waals surface area contributed by atoms with Crippen molar-refractivity contribution in [2.75, 3.05) is 4.90 Å². The molecule has 1 fully saturated rings. The number of rotatable bonds is 3. The Morgan fingerprint density at radius 3 is 2.14 bits per heavy atom. The predicted octanol–water partition coefficient (Wildman–Crippen LogP) is 4.76. The quantitative estimate of drug-likeness (QED) is 0.400. The zero-order valence-electron chi connectivity index (χ0n) is 15.7. The molecule has 144 valence electrons. The first-order valence-corrected chi connectivity index (χ1v) is 9.16. The second-order valence-electron chi connectivity index (χ2n) is 6.92. The fourth-order valence-corrected chi connectivity index (χ4v) is 3.52. The van der Waals surface area contributed by atoms with E-state index in [0.717, 1.165) is 5.56 Å². The standard InChI is InChI=1S/C24H18FNO3/c1-15-7-13-19(14-8-15)26-21(16-9-11-18(25)12-10-16)20(23(28)24(26)29)22(27)17-5-3-2-4-6-17/h2-14,21,27H,1H3/b22-20+/t21-/m0/s1. The van der Waals surface area contributed by atoms with Crippen molar-refractivity contribution in [3.05, 3.63) is 107 Å². The minimum Gasteiger partial charge on any atom is -0.507 e. The van der Waals surface area contributed by atoms with Crippen molar-refractivity contribution in [1.29, 1.82) is 0 Å². The SMILES string of the molecule is Cc1ccc(N2C(=O)C(=O)/C(=C(/O)c3ccccc3)[C@@H]2c2ccc(F)cc2)cc1.